The average Bonchev–Trinajstić information content (AvgIpc) is 2.60. The van der Waals surface area contributed by atoms with Crippen LogP contribution < -0.4 is 10.2 Å². The van der Waals surface area contributed by atoms with Gasteiger partial charge in [0.05, 0.1) is 6.10 Å². The van der Waals surface area contributed by atoms with Crippen molar-refractivity contribution in [3.63, 3.8) is 0 Å². The number of hydrogen-bond acceptors (Lipinski definition) is 5. The highest BCUT2D eigenvalue weighted by Gasteiger charge is 2.21. The zero-order valence-corrected chi connectivity index (χ0v) is 14.4. The number of aliphatic hydroxyl groups is 1. The molecule has 0 bridgehead atoms. The number of likely N-dealkylation sites (N-methyl/N-ethyl adjacent to an activating group) is 1. The van der Waals surface area contributed by atoms with Crippen molar-refractivity contribution in [1.29, 1.82) is 0 Å². The van der Waals surface area contributed by atoms with Crippen LogP contribution in [0.3, 0.4) is 0 Å². The Kier molecular flexibility index (Phi) is 5.68. The van der Waals surface area contributed by atoms with Gasteiger partial charge in [-0.2, -0.15) is 0 Å². The van der Waals surface area contributed by atoms with Gasteiger partial charge in [-0.3, -0.25) is 4.79 Å². The monoisotopic (exact) mass is 332 g/mol. The fourth-order valence-corrected chi connectivity index (χ4v) is 3.56. The molecule has 0 spiro atoms. The first-order valence-electron chi connectivity index (χ1n) is 8.97. The molecule has 2 aliphatic rings. The van der Waals surface area contributed by atoms with Gasteiger partial charge in [0.2, 0.25) is 0 Å². The summed E-state index contributed by atoms with van der Waals surface area (Å²) in [6.45, 7) is 4.55. The summed E-state index contributed by atoms with van der Waals surface area (Å²) < 4.78 is 0. The molecule has 2 atom stereocenters. The quantitative estimate of drug-likeness (QED) is 0.865. The highest BCUT2D eigenvalue weighted by atomic mass is 16.3. The average molecular weight is 332 g/mol. The molecule has 0 radical (unpaired) electrons. The summed E-state index contributed by atoms with van der Waals surface area (Å²) in [4.78, 5) is 21.4. The zero-order valence-electron chi connectivity index (χ0n) is 14.4. The Labute approximate surface area is 143 Å². The number of anilines is 1. The lowest BCUT2D eigenvalue weighted by molar-refractivity contribution is 0.0873. The molecular weight excluding hydrogens is 304 g/mol. The lowest BCUT2D eigenvalue weighted by atomic mass is 9.87. The van der Waals surface area contributed by atoms with E-state index in [1.54, 1.807) is 12.3 Å². The van der Waals surface area contributed by atoms with Crippen molar-refractivity contribution in [2.75, 3.05) is 44.7 Å². The van der Waals surface area contributed by atoms with Crippen LogP contribution in [0, 0.1) is 5.92 Å². The molecule has 1 aliphatic heterocycles. The fourth-order valence-electron chi connectivity index (χ4n) is 3.56. The lowest BCUT2D eigenvalue weighted by Gasteiger charge is -2.33. The molecule has 3 rings (SSSR count). The predicted octanol–water partition coefficient (Wildman–Crippen LogP) is 1.11. The fraction of sp³-hybridized carbons (Fsp3) is 0.667. The summed E-state index contributed by atoms with van der Waals surface area (Å²) in [5, 5.41) is 12.8. The van der Waals surface area contributed by atoms with Crippen LogP contribution in [-0.2, 0) is 0 Å². The van der Waals surface area contributed by atoms with Crippen molar-refractivity contribution in [3.05, 3.63) is 23.9 Å². The van der Waals surface area contributed by atoms with E-state index in [9.17, 15) is 9.90 Å². The smallest absolute Gasteiger partial charge is 0.251 e. The minimum Gasteiger partial charge on any atom is -0.393 e. The highest BCUT2D eigenvalue weighted by molar-refractivity contribution is 5.94. The largest absolute Gasteiger partial charge is 0.393 e. The summed E-state index contributed by atoms with van der Waals surface area (Å²) in [5.41, 5.74) is 0.662. The molecule has 2 N–H and O–H groups in total. The van der Waals surface area contributed by atoms with Crippen molar-refractivity contribution in [2.24, 2.45) is 5.92 Å². The third-order valence-electron chi connectivity index (χ3n) is 5.14. The maximum Gasteiger partial charge on any atom is 0.251 e. The van der Waals surface area contributed by atoms with E-state index in [4.69, 9.17) is 0 Å². The Morgan fingerprint density at radius 1 is 1.33 bits per heavy atom. The van der Waals surface area contributed by atoms with E-state index in [0.717, 1.165) is 57.7 Å². The topological polar surface area (TPSA) is 68.7 Å². The molecule has 1 saturated heterocycles. The molecule has 2 fully saturated rings. The Hall–Kier alpha value is -1.66. The van der Waals surface area contributed by atoms with Crippen LogP contribution in [0.5, 0.6) is 0 Å². The molecule has 1 aromatic rings. The Morgan fingerprint density at radius 3 is 2.88 bits per heavy atom. The molecule has 6 heteroatoms. The first-order valence-corrected chi connectivity index (χ1v) is 8.97. The molecule has 0 aromatic carbocycles. The van der Waals surface area contributed by atoms with Gasteiger partial charge in [-0.15, -0.1) is 0 Å². The SMILES string of the molecule is CN1CCN(c2cc(C(=O)NCC3CCCC(O)C3)ccn2)CC1. The first kappa shape index (κ1) is 17.2. The van der Waals surface area contributed by atoms with Crippen molar-refractivity contribution < 1.29 is 9.90 Å². The third-order valence-corrected chi connectivity index (χ3v) is 5.14. The van der Waals surface area contributed by atoms with E-state index >= 15 is 0 Å². The number of nitrogens with zero attached hydrogens (tertiary/aromatic N) is 3. The van der Waals surface area contributed by atoms with Gasteiger partial charge in [0.1, 0.15) is 5.82 Å². The van der Waals surface area contributed by atoms with Gasteiger partial charge in [0, 0.05) is 44.5 Å². The van der Waals surface area contributed by atoms with Crippen LogP contribution in [0.25, 0.3) is 0 Å². The van der Waals surface area contributed by atoms with E-state index in [1.807, 2.05) is 6.07 Å². The van der Waals surface area contributed by atoms with Crippen LogP contribution in [0.15, 0.2) is 18.3 Å². The van der Waals surface area contributed by atoms with E-state index < -0.39 is 0 Å². The van der Waals surface area contributed by atoms with Crippen molar-refractivity contribution >= 4 is 11.7 Å². The molecule has 2 unspecified atom stereocenters. The maximum atomic E-state index is 12.4. The van der Waals surface area contributed by atoms with Crippen molar-refractivity contribution in [1.82, 2.24) is 15.2 Å². The molecule has 1 saturated carbocycles. The van der Waals surface area contributed by atoms with Gasteiger partial charge in [0.25, 0.3) is 5.91 Å². The van der Waals surface area contributed by atoms with E-state index in [1.165, 1.54) is 0 Å². The molecule has 2 heterocycles. The molecular formula is C18H28N4O2. The zero-order chi connectivity index (χ0) is 16.9. The second-order valence-corrected chi connectivity index (χ2v) is 7.09. The van der Waals surface area contributed by atoms with Gasteiger partial charge in [-0.25, -0.2) is 4.98 Å². The van der Waals surface area contributed by atoms with E-state index in [2.05, 4.69) is 27.1 Å². The summed E-state index contributed by atoms with van der Waals surface area (Å²) in [5.74, 6) is 1.22. The number of amides is 1. The third kappa shape index (κ3) is 4.45. The number of hydrogen-bond donors (Lipinski definition) is 2. The summed E-state index contributed by atoms with van der Waals surface area (Å²) in [6.07, 6.45) is 5.33. The number of nitrogens with one attached hydrogen (secondary N) is 1. The van der Waals surface area contributed by atoms with Crippen LogP contribution in [0.1, 0.15) is 36.0 Å². The standard InChI is InChI=1S/C18H28N4O2/c1-21-7-9-22(10-8-21)17-12-15(5-6-19-17)18(24)20-13-14-3-2-4-16(23)11-14/h5-6,12,14,16,23H,2-4,7-11,13H2,1H3,(H,20,24). The number of aliphatic hydroxyl groups excluding tert-OH is 1. The van der Waals surface area contributed by atoms with E-state index in [0.29, 0.717) is 18.0 Å². The van der Waals surface area contributed by atoms with Gasteiger partial charge < -0.3 is 20.2 Å². The van der Waals surface area contributed by atoms with Gasteiger partial charge in [-0.05, 0) is 44.4 Å². The van der Waals surface area contributed by atoms with E-state index in [-0.39, 0.29) is 12.0 Å². The van der Waals surface area contributed by atoms with Crippen LogP contribution in [-0.4, -0.2) is 66.8 Å². The number of carbonyl (C=O) groups is 1. The first-order chi connectivity index (χ1) is 11.6. The van der Waals surface area contributed by atoms with Gasteiger partial charge >= 0.3 is 0 Å². The summed E-state index contributed by atoms with van der Waals surface area (Å²) >= 11 is 0. The maximum absolute atomic E-state index is 12.4. The number of carbonyl (C=O) groups excluding carboxylic acids is 1. The molecule has 1 aromatic heterocycles. The number of piperazine rings is 1. The van der Waals surface area contributed by atoms with Crippen molar-refractivity contribution in [3.8, 4) is 0 Å². The Bertz CT molecular complexity index is 558. The molecule has 132 valence electrons. The number of rotatable bonds is 4. The Morgan fingerprint density at radius 2 is 2.12 bits per heavy atom. The highest BCUT2D eigenvalue weighted by Crippen LogP contribution is 2.23. The van der Waals surface area contributed by atoms with Gasteiger partial charge in [0.15, 0.2) is 0 Å². The Balaban J connectivity index is 1.56. The predicted molar refractivity (Wildman–Crippen MR) is 94.2 cm³/mol. The summed E-state index contributed by atoms with van der Waals surface area (Å²) in [6, 6.07) is 3.65. The van der Waals surface area contributed by atoms with Crippen LogP contribution in [0.4, 0.5) is 5.82 Å². The van der Waals surface area contributed by atoms with Crippen molar-refractivity contribution in [2.45, 2.75) is 31.8 Å². The second kappa shape index (κ2) is 7.94. The molecule has 1 amide bonds. The van der Waals surface area contributed by atoms with Crippen LogP contribution >= 0.6 is 0 Å². The number of pyridine rings is 1. The van der Waals surface area contributed by atoms with Gasteiger partial charge in [-0.1, -0.05) is 6.42 Å². The summed E-state index contributed by atoms with van der Waals surface area (Å²) in [7, 11) is 2.12. The second-order valence-electron chi connectivity index (χ2n) is 7.09. The minimum atomic E-state index is -0.203. The lowest BCUT2D eigenvalue weighted by Crippen LogP contribution is -2.44. The normalized spacial score (nSPS) is 25.5. The molecule has 1 aliphatic carbocycles. The molecule has 6 nitrogen and oxygen atoms in total. The number of aromatic nitrogens is 1. The van der Waals surface area contributed by atoms with Crippen LogP contribution in [0.2, 0.25) is 0 Å². The molecule has 24 heavy (non-hydrogen) atoms. The minimum absolute atomic E-state index is 0.0483.